The van der Waals surface area contributed by atoms with E-state index in [2.05, 4.69) is 28.4 Å². The summed E-state index contributed by atoms with van der Waals surface area (Å²) < 4.78 is 5.78. The second-order valence-corrected chi connectivity index (χ2v) is 7.60. The van der Waals surface area contributed by atoms with Gasteiger partial charge in [0.05, 0.1) is 12.6 Å². The lowest BCUT2D eigenvalue weighted by atomic mass is 9.97. The molecule has 0 bridgehead atoms. The number of piperidine rings is 2. The number of amides is 2. The van der Waals surface area contributed by atoms with Crippen molar-refractivity contribution in [3.8, 4) is 0 Å². The largest absolute Gasteiger partial charge is 0.371 e. The van der Waals surface area contributed by atoms with Gasteiger partial charge in [-0.25, -0.2) is 0 Å². The van der Waals surface area contributed by atoms with Crippen LogP contribution < -0.4 is 10.2 Å². The number of aldehydes is 1. The maximum Gasteiger partial charge on any atom is 0.243 e. The van der Waals surface area contributed by atoms with Gasteiger partial charge in [-0.1, -0.05) is 6.07 Å². The van der Waals surface area contributed by atoms with Crippen molar-refractivity contribution < 1.29 is 20.5 Å². The summed E-state index contributed by atoms with van der Waals surface area (Å²) in [5.74, 6) is -0.253. The molecule has 0 spiro atoms. The van der Waals surface area contributed by atoms with Gasteiger partial charge in [-0.15, -0.1) is 0 Å². The van der Waals surface area contributed by atoms with E-state index in [1.807, 2.05) is 4.90 Å². The van der Waals surface area contributed by atoms with Gasteiger partial charge in [0.1, 0.15) is 13.0 Å². The van der Waals surface area contributed by atoms with Gasteiger partial charge >= 0.3 is 0 Å². The molecular formula is C20H27N3O4. The van der Waals surface area contributed by atoms with E-state index in [1.54, 1.807) is 0 Å². The van der Waals surface area contributed by atoms with E-state index in [0.29, 0.717) is 32.7 Å². The molecule has 2 fully saturated rings. The van der Waals surface area contributed by atoms with E-state index in [9.17, 15) is 14.4 Å². The monoisotopic (exact) mass is 373 g/mol. The van der Waals surface area contributed by atoms with Crippen molar-refractivity contribution in [1.82, 2.24) is 10.2 Å². The van der Waals surface area contributed by atoms with Crippen LogP contribution in [0.4, 0.5) is 5.69 Å². The molecular weight excluding hydrogens is 346 g/mol. The fourth-order valence-electron chi connectivity index (χ4n) is 4.16. The molecule has 1 aromatic carbocycles. The van der Waals surface area contributed by atoms with E-state index in [-0.39, 0.29) is 25.2 Å². The molecule has 3 heterocycles. The molecule has 0 aromatic heterocycles. The number of fused-ring (bicyclic) bond motifs is 1. The van der Waals surface area contributed by atoms with Crippen LogP contribution in [0.5, 0.6) is 0 Å². The van der Waals surface area contributed by atoms with E-state index in [4.69, 9.17) is 4.74 Å². The van der Waals surface area contributed by atoms with Crippen molar-refractivity contribution in [2.45, 2.75) is 44.9 Å². The van der Waals surface area contributed by atoms with Gasteiger partial charge in [-0.3, -0.25) is 19.8 Å². The summed E-state index contributed by atoms with van der Waals surface area (Å²) in [6.07, 6.45) is 3.76. The number of rotatable bonds is 3. The van der Waals surface area contributed by atoms with Gasteiger partial charge in [0.2, 0.25) is 11.8 Å². The summed E-state index contributed by atoms with van der Waals surface area (Å²) in [5.41, 5.74) is 3.45. The predicted octanol–water partition coefficient (Wildman–Crippen LogP) is 1.44. The zero-order chi connectivity index (χ0) is 18.8. The van der Waals surface area contributed by atoms with Crippen LogP contribution in [0.3, 0.4) is 0 Å². The molecule has 0 radical (unpaired) electrons. The van der Waals surface area contributed by atoms with Gasteiger partial charge in [0.25, 0.3) is 0 Å². The standard InChI is InChI=1S/C20H25N3O4.H2/c24-11-14-5-7-22(8-6-14)17-2-1-15-12-27-13-23(10-16(15)9-17)18-3-4-19(25)21-20(18)26;/h1-2,9,11,14,18H,3-8,10,12-13H2,(H,21,25,26);1H. The highest BCUT2D eigenvalue weighted by Gasteiger charge is 2.33. The first-order valence-corrected chi connectivity index (χ1v) is 9.61. The SMILES string of the molecule is O=CC1CCN(c2ccc3c(c2)CN(C2CCC(=O)NC2=O)COC3)CC1.[HH]. The number of anilines is 1. The number of imide groups is 1. The Kier molecular flexibility index (Phi) is 5.22. The van der Waals surface area contributed by atoms with Gasteiger partial charge in [0, 0.05) is 39.1 Å². The van der Waals surface area contributed by atoms with Gasteiger partial charge in [0.15, 0.2) is 0 Å². The predicted molar refractivity (Wildman–Crippen MR) is 101 cm³/mol. The van der Waals surface area contributed by atoms with Crippen molar-refractivity contribution in [3.63, 3.8) is 0 Å². The van der Waals surface area contributed by atoms with Gasteiger partial charge < -0.3 is 14.4 Å². The summed E-state index contributed by atoms with van der Waals surface area (Å²) >= 11 is 0. The van der Waals surface area contributed by atoms with Crippen LogP contribution in [0, 0.1) is 5.92 Å². The zero-order valence-corrected chi connectivity index (χ0v) is 15.4. The van der Waals surface area contributed by atoms with E-state index < -0.39 is 0 Å². The fraction of sp³-hybridized carbons (Fsp3) is 0.550. The molecule has 1 N–H and O–H groups in total. The Balaban J connectivity index is 0.00000225. The molecule has 146 valence electrons. The van der Waals surface area contributed by atoms with E-state index in [0.717, 1.165) is 49.0 Å². The average molecular weight is 373 g/mol. The van der Waals surface area contributed by atoms with Crippen LogP contribution in [-0.4, -0.2) is 48.9 Å². The lowest BCUT2D eigenvalue weighted by molar-refractivity contribution is -0.140. The third-order valence-corrected chi connectivity index (χ3v) is 5.83. The zero-order valence-electron chi connectivity index (χ0n) is 15.4. The van der Waals surface area contributed by atoms with Crippen LogP contribution in [0.25, 0.3) is 0 Å². The number of hydrogen-bond donors (Lipinski definition) is 1. The highest BCUT2D eigenvalue weighted by Crippen LogP contribution is 2.28. The maximum absolute atomic E-state index is 12.2. The molecule has 1 unspecified atom stereocenters. The number of benzene rings is 1. The summed E-state index contributed by atoms with van der Waals surface area (Å²) in [5, 5.41) is 2.43. The number of ether oxygens (including phenoxy) is 1. The molecule has 3 aliphatic rings. The fourth-order valence-corrected chi connectivity index (χ4v) is 4.16. The topological polar surface area (TPSA) is 79.0 Å². The van der Waals surface area contributed by atoms with Crippen LogP contribution in [0.1, 0.15) is 38.2 Å². The molecule has 3 aliphatic heterocycles. The first-order chi connectivity index (χ1) is 13.1. The van der Waals surface area contributed by atoms with Crippen LogP contribution >= 0.6 is 0 Å². The van der Waals surface area contributed by atoms with Crippen molar-refractivity contribution in [3.05, 3.63) is 29.3 Å². The summed E-state index contributed by atoms with van der Waals surface area (Å²) in [6.45, 7) is 3.29. The van der Waals surface area contributed by atoms with E-state index >= 15 is 0 Å². The molecule has 7 heteroatoms. The highest BCUT2D eigenvalue weighted by molar-refractivity contribution is 6.00. The number of nitrogens with zero attached hydrogens (tertiary/aromatic N) is 2. The Bertz CT molecular complexity index is 749. The first-order valence-electron chi connectivity index (χ1n) is 9.61. The summed E-state index contributed by atoms with van der Waals surface area (Å²) in [4.78, 5) is 39.0. The minimum atomic E-state index is -0.333. The van der Waals surface area contributed by atoms with Crippen molar-refractivity contribution in [1.29, 1.82) is 0 Å². The Morgan fingerprint density at radius 3 is 2.70 bits per heavy atom. The Hall–Kier alpha value is -2.25. The minimum Gasteiger partial charge on any atom is -0.371 e. The Labute approximate surface area is 160 Å². The Morgan fingerprint density at radius 2 is 1.96 bits per heavy atom. The maximum atomic E-state index is 12.2. The molecule has 7 nitrogen and oxygen atoms in total. The van der Waals surface area contributed by atoms with E-state index in [1.165, 1.54) is 0 Å². The molecule has 0 aliphatic carbocycles. The number of carbonyl (C=O) groups is 3. The van der Waals surface area contributed by atoms with Crippen LogP contribution in [0.2, 0.25) is 0 Å². The van der Waals surface area contributed by atoms with Crippen molar-refractivity contribution >= 4 is 23.8 Å². The molecule has 1 atom stereocenters. The van der Waals surface area contributed by atoms with Gasteiger partial charge in [-0.2, -0.15) is 0 Å². The first kappa shape index (κ1) is 18.1. The van der Waals surface area contributed by atoms with Crippen LogP contribution in [0.15, 0.2) is 18.2 Å². The van der Waals surface area contributed by atoms with Gasteiger partial charge in [-0.05, 0) is 42.5 Å². The normalized spacial score (nSPS) is 24.9. The van der Waals surface area contributed by atoms with Crippen molar-refractivity contribution in [2.75, 3.05) is 24.7 Å². The number of carbonyl (C=O) groups excluding carboxylic acids is 3. The smallest absolute Gasteiger partial charge is 0.243 e. The average Bonchev–Trinajstić information content (AvgIpc) is 2.89. The second kappa shape index (κ2) is 7.78. The molecule has 2 saturated heterocycles. The minimum absolute atomic E-state index is 0. The molecule has 27 heavy (non-hydrogen) atoms. The lowest BCUT2D eigenvalue weighted by Crippen LogP contribution is -2.52. The molecule has 4 rings (SSSR count). The number of nitrogens with one attached hydrogen (secondary N) is 1. The Morgan fingerprint density at radius 1 is 1.15 bits per heavy atom. The van der Waals surface area contributed by atoms with Crippen molar-refractivity contribution in [2.24, 2.45) is 5.92 Å². The third kappa shape index (κ3) is 3.89. The van der Waals surface area contributed by atoms with Crippen LogP contribution in [-0.2, 0) is 32.3 Å². The summed E-state index contributed by atoms with van der Waals surface area (Å²) in [7, 11) is 0. The lowest BCUT2D eigenvalue weighted by Gasteiger charge is -2.33. The molecule has 2 amide bonds. The number of hydrogen-bond acceptors (Lipinski definition) is 6. The quantitative estimate of drug-likeness (QED) is 0.638. The second-order valence-electron chi connectivity index (χ2n) is 7.60. The molecule has 1 aromatic rings. The third-order valence-electron chi connectivity index (χ3n) is 5.83. The molecule has 0 saturated carbocycles. The summed E-state index contributed by atoms with van der Waals surface area (Å²) in [6, 6.07) is 6.07. The highest BCUT2D eigenvalue weighted by atomic mass is 16.5.